The van der Waals surface area contributed by atoms with Crippen LogP contribution < -0.4 is 20.1 Å². The number of methoxy groups -OCH3 is 3. The van der Waals surface area contributed by atoms with Crippen molar-refractivity contribution in [2.45, 2.75) is 12.0 Å². The molecule has 0 aliphatic carbocycles. The molecule has 2 N–H and O–H groups in total. The highest BCUT2D eigenvalue weighted by atomic mass is 16.5. The number of likely N-dealkylation sites (tertiary alicyclic amines) is 1. The van der Waals surface area contributed by atoms with E-state index in [0.717, 1.165) is 35.1 Å². The van der Waals surface area contributed by atoms with Crippen molar-refractivity contribution in [3.8, 4) is 22.8 Å². The second-order valence-electron chi connectivity index (χ2n) is 9.92. The Kier molecular flexibility index (Phi) is 8.63. The summed E-state index contributed by atoms with van der Waals surface area (Å²) in [7, 11) is 4.86. The number of aromatic nitrogens is 1. The number of hydrogen-bond acceptors (Lipinski definition) is 6. The molecule has 9 heteroatoms. The molecule has 1 aromatic heterocycles. The molecule has 0 radical (unpaired) electrons. The number of anilines is 1. The lowest BCUT2D eigenvalue weighted by molar-refractivity contribution is 0.159. The monoisotopic (exact) mass is 551 g/mol. The summed E-state index contributed by atoms with van der Waals surface area (Å²) < 4.78 is 16.3. The maximum absolute atomic E-state index is 13.5. The standard InChI is InChI=1S/C32H33N5O4/c1-33-24-12-8-11-22(15-24)25-19-37(13-14-39-2)20-28(25)36-32(38)35-27-16-23-17-29(40-3)30(41-4)18-26(23)34-31(27)21-9-6-5-7-10-21/h5-12,15-18,25,28H,13-14,19-20H2,2-4H3,(H2,35,36,38)/t25-,28+/m0/s1. The summed E-state index contributed by atoms with van der Waals surface area (Å²) in [6.07, 6.45) is 0. The van der Waals surface area contributed by atoms with E-state index in [1.165, 1.54) is 0 Å². The number of nitrogens with one attached hydrogen (secondary N) is 2. The normalized spacial score (nSPS) is 16.7. The Labute approximate surface area is 239 Å². The SMILES string of the molecule is [C-]#[N+]c1cccc([C@@H]2CN(CCOC)C[C@H]2NC(=O)Nc2cc3cc(OC)c(OC)cc3nc2-c2ccccc2)c1. The molecule has 5 rings (SSSR count). The van der Waals surface area contributed by atoms with Crippen LogP contribution in [0.25, 0.3) is 27.0 Å². The van der Waals surface area contributed by atoms with Gasteiger partial charge in [-0.05, 0) is 12.1 Å². The van der Waals surface area contributed by atoms with Gasteiger partial charge in [0, 0.05) is 49.7 Å². The van der Waals surface area contributed by atoms with Crippen LogP contribution in [0, 0.1) is 6.57 Å². The van der Waals surface area contributed by atoms with E-state index in [2.05, 4.69) is 20.4 Å². The van der Waals surface area contributed by atoms with Crippen molar-refractivity contribution in [2.75, 3.05) is 52.9 Å². The fourth-order valence-corrected chi connectivity index (χ4v) is 5.34. The molecule has 2 amide bonds. The lowest BCUT2D eigenvalue weighted by Gasteiger charge is -2.21. The highest BCUT2D eigenvalue weighted by Gasteiger charge is 2.35. The van der Waals surface area contributed by atoms with E-state index in [1.54, 1.807) is 27.4 Å². The van der Waals surface area contributed by atoms with Gasteiger partial charge in [-0.15, -0.1) is 0 Å². The Morgan fingerprint density at radius 1 is 1.00 bits per heavy atom. The van der Waals surface area contributed by atoms with Gasteiger partial charge >= 0.3 is 6.03 Å². The van der Waals surface area contributed by atoms with Crippen molar-refractivity contribution in [3.63, 3.8) is 0 Å². The average Bonchev–Trinajstić information content (AvgIpc) is 3.41. The van der Waals surface area contributed by atoms with Crippen LogP contribution in [0.3, 0.4) is 0 Å². The predicted octanol–water partition coefficient (Wildman–Crippen LogP) is 5.71. The first-order valence-electron chi connectivity index (χ1n) is 13.4. The summed E-state index contributed by atoms with van der Waals surface area (Å²) in [6.45, 7) is 10.2. The van der Waals surface area contributed by atoms with Crippen molar-refractivity contribution in [1.29, 1.82) is 0 Å². The molecule has 0 saturated carbocycles. The van der Waals surface area contributed by atoms with E-state index < -0.39 is 0 Å². The lowest BCUT2D eigenvalue weighted by atomic mass is 9.94. The third-order valence-corrected chi connectivity index (χ3v) is 7.37. The van der Waals surface area contributed by atoms with E-state index in [1.807, 2.05) is 66.7 Å². The molecular weight excluding hydrogens is 518 g/mol. The van der Waals surface area contributed by atoms with E-state index in [4.69, 9.17) is 25.8 Å². The number of urea groups is 1. The highest BCUT2D eigenvalue weighted by molar-refractivity contribution is 5.98. The molecular formula is C32H33N5O4. The summed E-state index contributed by atoms with van der Waals surface area (Å²) in [5, 5.41) is 7.08. The second kappa shape index (κ2) is 12.7. The molecule has 0 bridgehead atoms. The van der Waals surface area contributed by atoms with Crippen LogP contribution in [0.4, 0.5) is 16.2 Å². The Balaban J connectivity index is 1.45. The lowest BCUT2D eigenvalue weighted by Crippen LogP contribution is -2.42. The molecule has 210 valence electrons. The fraction of sp³-hybridized carbons (Fsp3) is 0.281. The number of rotatable bonds is 9. The van der Waals surface area contributed by atoms with Gasteiger partial charge in [-0.25, -0.2) is 14.6 Å². The molecule has 2 atom stereocenters. The summed E-state index contributed by atoms with van der Waals surface area (Å²) in [5.74, 6) is 1.19. The van der Waals surface area contributed by atoms with Crippen LogP contribution in [0.1, 0.15) is 11.5 Å². The highest BCUT2D eigenvalue weighted by Crippen LogP contribution is 2.36. The molecule has 1 fully saturated rings. The molecule has 9 nitrogen and oxygen atoms in total. The minimum atomic E-state index is -0.325. The van der Waals surface area contributed by atoms with Gasteiger partial charge in [-0.3, -0.25) is 4.90 Å². The summed E-state index contributed by atoms with van der Waals surface area (Å²) >= 11 is 0. The Morgan fingerprint density at radius 2 is 1.78 bits per heavy atom. The quantitative estimate of drug-likeness (QED) is 0.259. The Hall–Kier alpha value is -4.65. The average molecular weight is 552 g/mol. The maximum atomic E-state index is 13.5. The van der Waals surface area contributed by atoms with Crippen molar-refractivity contribution in [2.24, 2.45) is 0 Å². The zero-order valence-corrected chi connectivity index (χ0v) is 23.4. The van der Waals surface area contributed by atoms with Gasteiger partial charge in [0.05, 0.1) is 50.3 Å². The van der Waals surface area contributed by atoms with Crippen LogP contribution in [-0.4, -0.2) is 69.5 Å². The zero-order chi connectivity index (χ0) is 28.8. The number of hydrogen-bond donors (Lipinski definition) is 2. The van der Waals surface area contributed by atoms with Crippen molar-refractivity contribution in [1.82, 2.24) is 15.2 Å². The molecule has 0 unspecified atom stereocenters. The molecule has 1 aliphatic rings. The first-order chi connectivity index (χ1) is 20.0. The molecule has 0 spiro atoms. The van der Waals surface area contributed by atoms with Crippen LogP contribution in [0.15, 0.2) is 72.8 Å². The molecule has 1 aliphatic heterocycles. The van der Waals surface area contributed by atoms with E-state index in [9.17, 15) is 4.79 Å². The summed E-state index contributed by atoms with van der Waals surface area (Å²) in [4.78, 5) is 24.3. The number of ether oxygens (including phenoxy) is 3. The largest absolute Gasteiger partial charge is 0.493 e. The zero-order valence-electron chi connectivity index (χ0n) is 23.4. The maximum Gasteiger partial charge on any atom is 0.319 e. The summed E-state index contributed by atoms with van der Waals surface area (Å²) in [6, 6.07) is 22.5. The van der Waals surface area contributed by atoms with Crippen molar-refractivity contribution < 1.29 is 19.0 Å². The number of benzene rings is 3. The van der Waals surface area contributed by atoms with Gasteiger partial charge in [-0.2, -0.15) is 0 Å². The van der Waals surface area contributed by atoms with E-state index in [-0.39, 0.29) is 18.0 Å². The Morgan fingerprint density at radius 3 is 2.51 bits per heavy atom. The number of amides is 2. The smallest absolute Gasteiger partial charge is 0.319 e. The van der Waals surface area contributed by atoms with Gasteiger partial charge < -0.3 is 24.8 Å². The predicted molar refractivity (Wildman–Crippen MR) is 160 cm³/mol. The number of pyridine rings is 1. The van der Waals surface area contributed by atoms with Crippen molar-refractivity contribution in [3.05, 3.63) is 89.8 Å². The van der Waals surface area contributed by atoms with Gasteiger partial charge in [0.15, 0.2) is 17.2 Å². The first kappa shape index (κ1) is 27.9. The van der Waals surface area contributed by atoms with Gasteiger partial charge in [0.25, 0.3) is 0 Å². The number of nitrogens with zero attached hydrogens (tertiary/aromatic N) is 3. The van der Waals surface area contributed by atoms with Crippen molar-refractivity contribution >= 4 is 28.3 Å². The molecule has 2 heterocycles. The Bertz CT molecular complexity index is 1570. The van der Waals surface area contributed by atoms with E-state index >= 15 is 0 Å². The molecule has 41 heavy (non-hydrogen) atoms. The number of carbonyl (C=O) groups excluding carboxylic acids is 1. The molecule has 1 saturated heterocycles. The first-order valence-corrected chi connectivity index (χ1v) is 13.4. The van der Waals surface area contributed by atoms with Crippen LogP contribution in [0.2, 0.25) is 0 Å². The summed E-state index contributed by atoms with van der Waals surface area (Å²) in [5.41, 5.74) is 4.44. The van der Waals surface area contributed by atoms with Gasteiger partial charge in [0.1, 0.15) is 0 Å². The third kappa shape index (κ3) is 6.24. The second-order valence-corrected chi connectivity index (χ2v) is 9.92. The molecule has 3 aromatic carbocycles. The third-order valence-electron chi connectivity index (χ3n) is 7.37. The number of carbonyl (C=O) groups is 1. The van der Waals surface area contributed by atoms with Gasteiger partial charge in [-0.1, -0.05) is 60.2 Å². The number of fused-ring (bicyclic) bond motifs is 1. The van der Waals surface area contributed by atoms with E-state index in [0.29, 0.717) is 41.7 Å². The molecule has 4 aromatic rings. The van der Waals surface area contributed by atoms with Crippen LogP contribution >= 0.6 is 0 Å². The topological polar surface area (TPSA) is 89.3 Å². The fourth-order valence-electron chi connectivity index (χ4n) is 5.34. The van der Waals surface area contributed by atoms with Gasteiger partial charge in [0.2, 0.25) is 0 Å². The van der Waals surface area contributed by atoms with Crippen LogP contribution in [-0.2, 0) is 4.74 Å². The minimum Gasteiger partial charge on any atom is -0.493 e. The minimum absolute atomic E-state index is 0.0272. The van der Waals surface area contributed by atoms with Crippen LogP contribution in [0.5, 0.6) is 11.5 Å².